The first-order valence-electron chi connectivity index (χ1n) is 25.3. The second-order valence-electron chi connectivity index (χ2n) is 19.5. The Morgan fingerprint density at radius 3 is 1.29 bits per heavy atom. The Morgan fingerprint density at radius 2 is 0.841 bits per heavy atom. The van der Waals surface area contributed by atoms with Gasteiger partial charge in [-0.25, -0.2) is 0 Å². The topological polar surface area (TPSA) is 43.4 Å². The minimum Gasteiger partial charge on any atom is -1.00 e. The zero-order valence-corrected chi connectivity index (χ0v) is 43.4. The Hall–Kier alpha value is -5.70. The number of benzene rings is 7. The van der Waals surface area contributed by atoms with Gasteiger partial charge >= 0.3 is 0 Å². The van der Waals surface area contributed by atoms with Crippen molar-refractivity contribution in [2.75, 3.05) is 0 Å². The van der Waals surface area contributed by atoms with Crippen molar-refractivity contribution in [1.82, 2.24) is 19.8 Å². The van der Waals surface area contributed by atoms with Gasteiger partial charge in [0, 0.05) is 5.41 Å². The number of hydrogen-bond donors (Lipinski definition) is 0. The highest BCUT2D eigenvalue weighted by Crippen LogP contribution is 2.55. The van der Waals surface area contributed by atoms with Crippen LogP contribution in [0.4, 0.5) is 0 Å². The maximum Gasteiger partial charge on any atom is 0.198 e. The second kappa shape index (κ2) is 21.5. The molecule has 0 N–H and O–H groups in total. The largest absolute Gasteiger partial charge is 1.00 e. The average Bonchev–Trinajstić information content (AvgIpc) is 3.98. The third-order valence-corrected chi connectivity index (χ3v) is 15.0. The minimum atomic E-state index is -0.0470. The highest BCUT2D eigenvalue weighted by Gasteiger charge is 2.43. The molecule has 0 saturated heterocycles. The van der Waals surface area contributed by atoms with Crippen LogP contribution in [0, 0.1) is 0 Å². The summed E-state index contributed by atoms with van der Waals surface area (Å²) >= 11 is 0. The number of hydrogen-bond acceptors (Lipinski definition) is 2. The molecule has 4 aliphatic rings. The second-order valence-corrected chi connectivity index (χ2v) is 19.5. The van der Waals surface area contributed by atoms with Crippen LogP contribution in [0.1, 0.15) is 124 Å². The lowest BCUT2D eigenvalue weighted by atomic mass is 9.70. The summed E-state index contributed by atoms with van der Waals surface area (Å²) in [4.78, 5) is 0. The molecule has 0 fully saturated rings. The van der Waals surface area contributed by atoms with Gasteiger partial charge in [-0.1, -0.05) is 205 Å². The third kappa shape index (κ3) is 9.77. The maximum atomic E-state index is 5.33. The first-order chi connectivity index (χ1) is 33.1. The summed E-state index contributed by atoms with van der Waals surface area (Å²) in [5.74, 6) is 0. The summed E-state index contributed by atoms with van der Waals surface area (Å²) in [6, 6.07) is 59.3. The molecule has 14 bridgehead atoms. The van der Waals surface area contributed by atoms with E-state index < -0.39 is 0 Å². The number of unbranched alkanes of at least 4 members (excludes halogenated alkanes) is 8. The molecule has 13 rings (SSSR count). The summed E-state index contributed by atoms with van der Waals surface area (Å²) in [5.41, 5.74) is 20.4. The third-order valence-electron chi connectivity index (χ3n) is 15.0. The van der Waals surface area contributed by atoms with E-state index in [0.717, 1.165) is 35.2 Å². The summed E-state index contributed by atoms with van der Waals surface area (Å²) in [6.45, 7) is 7.49. The standard InChI is InChI=1S/C61H64N6.2BrH/c1-3-5-7-9-15-36-61(37-16-10-8-6-4-2)55-38-47-28-34-53(55)54-35-29-48(39-56(54)61)44-67-60-23-14-12-21-58(60)65(63-67)42-46-26-32-50(33-27-46)52-19-17-18-51(40-52)49-30-24-45(25-31-49)41-64-57-20-11-13-22-59(57)66(43-47)62-64;;/h11-14,17-35,38-40H,3-10,15-16,36-37,41-44H2,1-2H3;2*1H/q+2;;/p-2. The van der Waals surface area contributed by atoms with Crippen LogP contribution in [0.15, 0.2) is 158 Å². The van der Waals surface area contributed by atoms with Crippen molar-refractivity contribution in [1.29, 1.82) is 0 Å². The molecule has 0 unspecified atom stereocenters. The predicted octanol–water partition coefficient (Wildman–Crippen LogP) is 7.80. The molecular formula is C61H64Br2N6. The highest BCUT2D eigenvalue weighted by atomic mass is 79.9. The van der Waals surface area contributed by atoms with Crippen LogP contribution >= 0.6 is 0 Å². The average molecular weight is 1040 g/mol. The summed E-state index contributed by atoms with van der Waals surface area (Å²) < 4.78 is 8.84. The molecule has 0 radical (unpaired) electrons. The monoisotopic (exact) mass is 1040 g/mol. The maximum absolute atomic E-state index is 5.33. The van der Waals surface area contributed by atoms with Gasteiger partial charge in [-0.15, -0.1) is 18.7 Å². The van der Waals surface area contributed by atoms with E-state index in [-0.39, 0.29) is 39.4 Å². The molecule has 0 atom stereocenters. The zero-order chi connectivity index (χ0) is 45.2. The number of rotatable bonds is 12. The minimum absolute atomic E-state index is 0. The van der Waals surface area contributed by atoms with Gasteiger partial charge in [0.2, 0.25) is 0 Å². The van der Waals surface area contributed by atoms with Crippen LogP contribution in [0.2, 0.25) is 0 Å². The lowest BCUT2D eigenvalue weighted by Crippen LogP contribution is -3.00. The number of para-hydroxylation sites is 4. The number of aromatic nitrogens is 6. The molecule has 0 saturated carbocycles. The highest BCUT2D eigenvalue weighted by molar-refractivity contribution is 5.82. The molecule has 9 aromatic rings. The van der Waals surface area contributed by atoms with Crippen molar-refractivity contribution < 1.29 is 43.3 Å². The summed E-state index contributed by atoms with van der Waals surface area (Å²) in [5, 5.41) is 10.7. The SMILES string of the molecule is CCCCCCCC1(CCCCCCC)c2cc3ccc2-c2ccc(cc21)C[n+]1nn(c2ccccc21)Cc1ccc(cc1)-c1cccc(c1)-c1ccc(cc1)Cn1n[n+](c2ccccc21)C3.[Br-].[Br-]. The number of halogens is 2. The molecule has 3 aliphatic heterocycles. The van der Waals surface area contributed by atoms with Gasteiger partial charge in [-0.05, 0) is 110 Å². The van der Waals surface area contributed by atoms with Gasteiger partial charge < -0.3 is 34.0 Å². The Balaban J connectivity index is 0.00000296. The van der Waals surface area contributed by atoms with E-state index in [1.807, 2.05) is 0 Å². The Bertz CT molecular complexity index is 2970. The molecule has 1 aliphatic carbocycles. The van der Waals surface area contributed by atoms with Crippen molar-refractivity contribution in [3.05, 3.63) is 191 Å². The van der Waals surface area contributed by atoms with Crippen LogP contribution in [-0.4, -0.2) is 19.8 Å². The lowest BCUT2D eigenvalue weighted by molar-refractivity contribution is -0.724. The van der Waals surface area contributed by atoms with Gasteiger partial charge in [0.15, 0.2) is 22.1 Å². The number of nitrogens with zero attached hydrogens (tertiary/aromatic N) is 6. The zero-order valence-electron chi connectivity index (χ0n) is 40.3. The molecule has 5 heterocycles. The van der Waals surface area contributed by atoms with E-state index in [1.165, 1.54) is 144 Å². The molecule has 69 heavy (non-hydrogen) atoms. The van der Waals surface area contributed by atoms with Crippen LogP contribution in [-0.2, 0) is 31.6 Å². The van der Waals surface area contributed by atoms with Crippen molar-refractivity contribution in [2.45, 2.75) is 122 Å². The van der Waals surface area contributed by atoms with Gasteiger partial charge in [0.05, 0.1) is 10.4 Å². The van der Waals surface area contributed by atoms with Crippen LogP contribution < -0.4 is 43.3 Å². The molecule has 352 valence electrons. The molecule has 6 nitrogen and oxygen atoms in total. The predicted molar refractivity (Wildman–Crippen MR) is 273 cm³/mol. The van der Waals surface area contributed by atoms with E-state index in [1.54, 1.807) is 0 Å². The normalized spacial score (nSPS) is 13.4. The van der Waals surface area contributed by atoms with E-state index in [2.05, 4.69) is 190 Å². The molecule has 8 heteroatoms. The fourth-order valence-corrected chi connectivity index (χ4v) is 11.4. The molecule has 0 spiro atoms. The van der Waals surface area contributed by atoms with E-state index >= 15 is 0 Å². The molecule has 7 aromatic carbocycles. The van der Waals surface area contributed by atoms with Crippen molar-refractivity contribution >= 4 is 22.1 Å². The van der Waals surface area contributed by atoms with E-state index in [9.17, 15) is 0 Å². The molecule has 2 aromatic heterocycles. The fraction of sp³-hybridized carbons (Fsp3) is 0.311. The first-order valence-corrected chi connectivity index (χ1v) is 25.3. The van der Waals surface area contributed by atoms with Gasteiger partial charge in [0.25, 0.3) is 0 Å². The van der Waals surface area contributed by atoms with Crippen LogP contribution in [0.3, 0.4) is 0 Å². The Labute approximate surface area is 429 Å². The van der Waals surface area contributed by atoms with Gasteiger partial charge in [0.1, 0.15) is 26.2 Å². The van der Waals surface area contributed by atoms with Crippen molar-refractivity contribution in [3.63, 3.8) is 0 Å². The number of fused-ring (bicyclic) bond motifs is 5. The van der Waals surface area contributed by atoms with Crippen LogP contribution in [0.25, 0.3) is 55.4 Å². The quantitative estimate of drug-likeness (QED) is 0.0928. The van der Waals surface area contributed by atoms with Crippen LogP contribution in [0.5, 0.6) is 0 Å². The van der Waals surface area contributed by atoms with Gasteiger partial charge in [-0.2, -0.15) is 0 Å². The smallest absolute Gasteiger partial charge is 0.198 e. The summed E-state index contributed by atoms with van der Waals surface area (Å²) in [6.07, 6.45) is 15.2. The van der Waals surface area contributed by atoms with E-state index in [4.69, 9.17) is 10.4 Å². The van der Waals surface area contributed by atoms with Gasteiger partial charge in [-0.3, -0.25) is 0 Å². The van der Waals surface area contributed by atoms with Crippen molar-refractivity contribution in [3.8, 4) is 33.4 Å². The molecule has 0 amide bonds. The lowest BCUT2D eigenvalue weighted by Gasteiger charge is -2.33. The van der Waals surface area contributed by atoms with E-state index in [0.29, 0.717) is 13.1 Å². The molecular weight excluding hydrogens is 977 g/mol. The first kappa shape index (κ1) is 48.3. The fourth-order valence-electron chi connectivity index (χ4n) is 11.4. The Kier molecular flexibility index (Phi) is 15.1. The Morgan fingerprint density at radius 1 is 0.420 bits per heavy atom. The summed E-state index contributed by atoms with van der Waals surface area (Å²) in [7, 11) is 0. The van der Waals surface area contributed by atoms with Crippen molar-refractivity contribution in [2.24, 2.45) is 0 Å².